The van der Waals surface area contributed by atoms with Crippen molar-refractivity contribution >= 4 is 38.8 Å². The van der Waals surface area contributed by atoms with Crippen LogP contribution in [0.1, 0.15) is 21.5 Å². The molecule has 4 rings (SSSR count). The SMILES string of the molecule is O=C(N/N=C/c1cc(Br)ccc1OCc1cccc(F)c1)c1cc2ccccc2cc1O. The van der Waals surface area contributed by atoms with Crippen molar-refractivity contribution in [1.82, 2.24) is 5.43 Å². The second-order valence-corrected chi connectivity index (χ2v) is 7.93. The van der Waals surface area contributed by atoms with E-state index in [9.17, 15) is 14.3 Å². The number of hydrogen-bond acceptors (Lipinski definition) is 4. The lowest BCUT2D eigenvalue weighted by molar-refractivity contribution is 0.0952. The molecular formula is C25H18BrFN2O3. The topological polar surface area (TPSA) is 70.9 Å². The van der Waals surface area contributed by atoms with Crippen molar-refractivity contribution in [3.05, 3.63) is 106 Å². The summed E-state index contributed by atoms with van der Waals surface area (Å²) >= 11 is 3.40. The van der Waals surface area contributed by atoms with Crippen LogP contribution in [-0.4, -0.2) is 17.2 Å². The lowest BCUT2D eigenvalue weighted by atomic mass is 10.1. The van der Waals surface area contributed by atoms with E-state index in [1.807, 2.05) is 30.3 Å². The van der Waals surface area contributed by atoms with Crippen LogP contribution >= 0.6 is 15.9 Å². The Hall–Kier alpha value is -3.71. The summed E-state index contributed by atoms with van der Waals surface area (Å²) in [7, 11) is 0. The smallest absolute Gasteiger partial charge is 0.275 e. The number of amides is 1. The van der Waals surface area contributed by atoms with Gasteiger partial charge in [0.05, 0.1) is 11.8 Å². The van der Waals surface area contributed by atoms with Crippen molar-refractivity contribution in [1.29, 1.82) is 0 Å². The van der Waals surface area contributed by atoms with Gasteiger partial charge in [0.25, 0.3) is 5.91 Å². The highest BCUT2D eigenvalue weighted by Crippen LogP contribution is 2.25. The molecule has 0 spiro atoms. The Morgan fingerprint density at radius 3 is 2.59 bits per heavy atom. The summed E-state index contributed by atoms with van der Waals surface area (Å²) in [6, 6.07) is 22.1. The van der Waals surface area contributed by atoms with Crippen LogP contribution in [0.15, 0.2) is 88.4 Å². The van der Waals surface area contributed by atoms with Gasteiger partial charge in [-0.1, -0.05) is 52.3 Å². The van der Waals surface area contributed by atoms with Crippen LogP contribution in [0, 0.1) is 5.82 Å². The first kappa shape index (κ1) is 21.5. The van der Waals surface area contributed by atoms with E-state index in [-0.39, 0.29) is 23.7 Å². The molecule has 0 aliphatic heterocycles. The van der Waals surface area contributed by atoms with E-state index in [1.165, 1.54) is 18.3 Å². The Morgan fingerprint density at radius 1 is 1.03 bits per heavy atom. The maximum absolute atomic E-state index is 13.4. The van der Waals surface area contributed by atoms with Gasteiger partial charge in [-0.3, -0.25) is 4.79 Å². The summed E-state index contributed by atoms with van der Waals surface area (Å²) in [6.07, 6.45) is 1.45. The number of benzene rings is 4. The molecule has 0 heterocycles. The van der Waals surface area contributed by atoms with Crippen molar-refractivity contribution in [2.75, 3.05) is 0 Å². The highest BCUT2D eigenvalue weighted by atomic mass is 79.9. The average molecular weight is 493 g/mol. The summed E-state index contributed by atoms with van der Waals surface area (Å²) in [5.74, 6) is -0.480. The molecule has 2 N–H and O–H groups in total. The third kappa shape index (κ3) is 5.12. The minimum atomic E-state index is -0.540. The average Bonchev–Trinajstić information content (AvgIpc) is 2.78. The van der Waals surface area contributed by atoms with Crippen LogP contribution in [0.3, 0.4) is 0 Å². The first-order chi connectivity index (χ1) is 15.5. The number of carbonyl (C=O) groups is 1. The van der Waals surface area contributed by atoms with Gasteiger partial charge in [-0.25, -0.2) is 9.82 Å². The van der Waals surface area contributed by atoms with Gasteiger partial charge in [-0.05, 0) is 58.8 Å². The van der Waals surface area contributed by atoms with Gasteiger partial charge in [0.15, 0.2) is 0 Å². The normalized spacial score (nSPS) is 11.1. The fourth-order valence-corrected chi connectivity index (χ4v) is 3.55. The number of rotatable bonds is 6. The second-order valence-electron chi connectivity index (χ2n) is 7.02. The number of nitrogens with zero attached hydrogens (tertiary/aromatic N) is 1. The number of phenolic OH excluding ortho intramolecular Hbond substituents is 1. The third-order valence-corrected chi connectivity index (χ3v) is 5.23. The standard InChI is InChI=1S/C25H18BrFN2O3/c26-20-8-9-24(32-15-16-4-3-7-21(27)10-16)19(11-20)14-28-29-25(31)22-12-17-5-1-2-6-18(17)13-23(22)30/h1-14,30H,15H2,(H,29,31)/b28-14+. The predicted molar refractivity (Wildman–Crippen MR) is 126 cm³/mol. The molecule has 0 aromatic heterocycles. The molecule has 5 nitrogen and oxygen atoms in total. The predicted octanol–water partition coefficient (Wildman–Crippen LogP) is 5.79. The molecule has 7 heteroatoms. The Balaban J connectivity index is 1.49. The van der Waals surface area contributed by atoms with Crippen LogP contribution < -0.4 is 10.2 Å². The van der Waals surface area contributed by atoms with Gasteiger partial charge < -0.3 is 9.84 Å². The molecule has 0 saturated heterocycles. The molecule has 0 fully saturated rings. The summed E-state index contributed by atoms with van der Waals surface area (Å²) < 4.78 is 20.0. The van der Waals surface area contributed by atoms with Gasteiger partial charge in [0.1, 0.15) is 23.9 Å². The first-order valence-corrected chi connectivity index (χ1v) is 10.5. The number of aromatic hydroxyl groups is 1. The molecule has 32 heavy (non-hydrogen) atoms. The molecule has 0 atom stereocenters. The molecule has 160 valence electrons. The molecular weight excluding hydrogens is 475 g/mol. The zero-order chi connectivity index (χ0) is 22.5. The fourth-order valence-electron chi connectivity index (χ4n) is 3.17. The Labute approximate surface area is 192 Å². The van der Waals surface area contributed by atoms with Gasteiger partial charge in [0, 0.05) is 10.0 Å². The first-order valence-electron chi connectivity index (χ1n) is 9.71. The monoisotopic (exact) mass is 492 g/mol. The highest BCUT2D eigenvalue weighted by Gasteiger charge is 2.12. The van der Waals surface area contributed by atoms with E-state index in [2.05, 4.69) is 26.5 Å². The van der Waals surface area contributed by atoms with E-state index in [0.29, 0.717) is 16.9 Å². The Kier molecular flexibility index (Phi) is 6.47. The summed E-state index contributed by atoms with van der Waals surface area (Å²) in [5, 5.41) is 15.9. The summed E-state index contributed by atoms with van der Waals surface area (Å²) in [5.41, 5.74) is 3.85. The van der Waals surface area contributed by atoms with E-state index in [1.54, 1.807) is 36.4 Å². The van der Waals surface area contributed by atoms with E-state index in [4.69, 9.17) is 4.74 Å². The van der Waals surface area contributed by atoms with Crippen LogP contribution in [0.2, 0.25) is 0 Å². The van der Waals surface area contributed by atoms with E-state index < -0.39 is 5.91 Å². The zero-order valence-electron chi connectivity index (χ0n) is 16.8. The number of carbonyl (C=O) groups excluding carboxylic acids is 1. The summed E-state index contributed by atoms with van der Waals surface area (Å²) in [4.78, 5) is 12.5. The minimum absolute atomic E-state index is 0.123. The van der Waals surface area contributed by atoms with Crippen molar-refractivity contribution in [3.8, 4) is 11.5 Å². The summed E-state index contributed by atoms with van der Waals surface area (Å²) in [6.45, 7) is 0.178. The van der Waals surface area contributed by atoms with Crippen LogP contribution in [-0.2, 0) is 6.61 Å². The van der Waals surface area contributed by atoms with Gasteiger partial charge in [0.2, 0.25) is 0 Å². The van der Waals surface area contributed by atoms with Crippen LogP contribution in [0.25, 0.3) is 10.8 Å². The number of phenols is 1. The van der Waals surface area contributed by atoms with Crippen molar-refractivity contribution in [2.45, 2.75) is 6.61 Å². The fraction of sp³-hybridized carbons (Fsp3) is 0.0400. The minimum Gasteiger partial charge on any atom is -0.507 e. The molecule has 0 aliphatic carbocycles. The third-order valence-electron chi connectivity index (χ3n) is 4.73. The molecule has 4 aromatic rings. The van der Waals surface area contributed by atoms with Crippen LogP contribution in [0.5, 0.6) is 11.5 Å². The second kappa shape index (κ2) is 9.62. The molecule has 0 bridgehead atoms. The van der Waals surface area contributed by atoms with E-state index in [0.717, 1.165) is 15.2 Å². The molecule has 0 saturated carbocycles. The molecule has 0 radical (unpaired) electrons. The largest absolute Gasteiger partial charge is 0.507 e. The quantitative estimate of drug-likeness (QED) is 0.264. The number of ether oxygens (including phenoxy) is 1. The Morgan fingerprint density at radius 2 is 1.81 bits per heavy atom. The molecule has 0 unspecified atom stereocenters. The number of hydrogen-bond donors (Lipinski definition) is 2. The zero-order valence-corrected chi connectivity index (χ0v) is 18.3. The lowest BCUT2D eigenvalue weighted by Gasteiger charge is -2.10. The number of fused-ring (bicyclic) bond motifs is 1. The van der Waals surface area contributed by atoms with Gasteiger partial charge in [-0.2, -0.15) is 5.10 Å². The molecule has 1 amide bonds. The highest BCUT2D eigenvalue weighted by molar-refractivity contribution is 9.10. The number of nitrogens with one attached hydrogen (secondary N) is 1. The van der Waals surface area contributed by atoms with Crippen molar-refractivity contribution in [3.63, 3.8) is 0 Å². The Bertz CT molecular complexity index is 1320. The van der Waals surface area contributed by atoms with Crippen molar-refractivity contribution < 1.29 is 19.0 Å². The number of halogens is 2. The molecule has 0 aliphatic rings. The van der Waals surface area contributed by atoms with Gasteiger partial charge >= 0.3 is 0 Å². The maximum atomic E-state index is 13.4. The number of hydrazone groups is 1. The van der Waals surface area contributed by atoms with Crippen LogP contribution in [0.4, 0.5) is 4.39 Å². The van der Waals surface area contributed by atoms with E-state index >= 15 is 0 Å². The van der Waals surface area contributed by atoms with Crippen molar-refractivity contribution in [2.24, 2.45) is 5.10 Å². The lowest BCUT2D eigenvalue weighted by Crippen LogP contribution is -2.17. The van der Waals surface area contributed by atoms with Gasteiger partial charge in [-0.15, -0.1) is 0 Å². The molecule has 4 aromatic carbocycles. The maximum Gasteiger partial charge on any atom is 0.275 e.